The van der Waals surface area contributed by atoms with E-state index in [4.69, 9.17) is 5.41 Å². The van der Waals surface area contributed by atoms with Crippen LogP contribution in [-0.2, 0) is 16.1 Å². The topological polar surface area (TPSA) is 131 Å². The Morgan fingerprint density at radius 1 is 1.09 bits per heavy atom. The summed E-state index contributed by atoms with van der Waals surface area (Å²) in [5.41, 5.74) is 3.67. The van der Waals surface area contributed by atoms with Crippen molar-refractivity contribution in [2.45, 2.75) is 50.7 Å². The molecule has 3 aliphatic rings. The van der Waals surface area contributed by atoms with E-state index in [2.05, 4.69) is 16.0 Å². The lowest BCUT2D eigenvalue weighted by Crippen LogP contribution is -2.52. The molecule has 4 amide bonds. The number of piperidine rings is 1. The Bertz CT molecular complexity index is 1220. The summed E-state index contributed by atoms with van der Waals surface area (Å²) in [6.45, 7) is 0.240. The van der Waals surface area contributed by atoms with Crippen molar-refractivity contribution in [1.29, 1.82) is 5.41 Å². The van der Waals surface area contributed by atoms with Crippen LogP contribution in [0.2, 0.25) is 0 Å². The quantitative estimate of drug-likeness (QED) is 0.390. The predicted molar refractivity (Wildman–Crippen MR) is 126 cm³/mol. The van der Waals surface area contributed by atoms with Gasteiger partial charge in [-0.05, 0) is 67.6 Å². The summed E-state index contributed by atoms with van der Waals surface area (Å²) in [6.07, 6.45) is 5.17. The van der Waals surface area contributed by atoms with Crippen LogP contribution in [0.25, 0.3) is 0 Å². The fourth-order valence-corrected chi connectivity index (χ4v) is 4.58. The molecular weight excluding hydrogens is 434 g/mol. The van der Waals surface area contributed by atoms with Gasteiger partial charge in [-0.3, -0.25) is 24.5 Å². The predicted octanol–water partition coefficient (Wildman–Crippen LogP) is 2.66. The first-order chi connectivity index (χ1) is 16.4. The minimum absolute atomic E-state index is 0.199. The number of rotatable bonds is 6. The minimum atomic E-state index is -0.678. The Kier molecular flexibility index (Phi) is 5.61. The van der Waals surface area contributed by atoms with E-state index in [1.807, 2.05) is 6.07 Å². The number of nitrogens with one attached hydrogen (secondary N) is 4. The molecule has 34 heavy (non-hydrogen) atoms. The van der Waals surface area contributed by atoms with E-state index in [1.54, 1.807) is 30.3 Å². The molecule has 1 unspecified atom stereocenters. The van der Waals surface area contributed by atoms with Crippen LogP contribution in [0.5, 0.6) is 0 Å². The summed E-state index contributed by atoms with van der Waals surface area (Å²) >= 11 is 0. The van der Waals surface area contributed by atoms with Gasteiger partial charge in [-0.15, -0.1) is 0 Å². The molecule has 2 aromatic carbocycles. The van der Waals surface area contributed by atoms with Crippen molar-refractivity contribution < 1.29 is 19.2 Å². The average molecular weight is 460 g/mol. The normalized spacial score (nSPS) is 19.8. The highest BCUT2D eigenvalue weighted by Crippen LogP contribution is 2.30. The van der Waals surface area contributed by atoms with Crippen LogP contribution in [0, 0.1) is 5.41 Å². The number of amides is 4. The molecule has 4 N–H and O–H groups in total. The van der Waals surface area contributed by atoms with Crippen molar-refractivity contribution >= 4 is 41.2 Å². The minimum Gasteiger partial charge on any atom is -0.382 e. The van der Waals surface area contributed by atoms with Gasteiger partial charge in [0.1, 0.15) is 6.04 Å². The van der Waals surface area contributed by atoms with E-state index in [9.17, 15) is 19.2 Å². The molecule has 0 spiro atoms. The first kappa shape index (κ1) is 21.8. The molecule has 1 aliphatic carbocycles. The van der Waals surface area contributed by atoms with Crippen LogP contribution in [0.15, 0.2) is 36.4 Å². The van der Waals surface area contributed by atoms with E-state index in [0.717, 1.165) is 18.5 Å². The molecule has 0 radical (unpaired) electrons. The van der Waals surface area contributed by atoms with E-state index in [0.29, 0.717) is 40.4 Å². The monoisotopic (exact) mass is 459 g/mol. The highest BCUT2D eigenvalue weighted by Gasteiger charge is 2.39. The van der Waals surface area contributed by atoms with Crippen molar-refractivity contribution in [3.8, 4) is 0 Å². The standard InChI is InChI=1S/C25H25N5O4/c26-12-15-10-14(4-7-20(15)27-17-2-1-3-17)23(32)28-18-5-6-19-16(11-18)13-30(25(19)34)21-8-9-22(31)29-24(21)33/h4-7,10-12,17,21,26-27H,1-3,8-9,13H2,(H,28,32)(H,29,31,33). The Morgan fingerprint density at radius 3 is 2.62 bits per heavy atom. The number of hydrogen-bond acceptors (Lipinski definition) is 6. The summed E-state index contributed by atoms with van der Waals surface area (Å²) in [5, 5.41) is 16.3. The van der Waals surface area contributed by atoms with Crippen LogP contribution in [0.1, 0.15) is 63.9 Å². The second-order valence-electron chi connectivity index (χ2n) is 8.94. The van der Waals surface area contributed by atoms with Crippen LogP contribution in [0.4, 0.5) is 11.4 Å². The number of carbonyl (C=O) groups is 4. The highest BCUT2D eigenvalue weighted by molar-refractivity contribution is 6.07. The molecule has 0 bridgehead atoms. The smallest absolute Gasteiger partial charge is 0.255 e. The number of carbonyl (C=O) groups excluding carboxylic acids is 4. The van der Waals surface area contributed by atoms with Crippen LogP contribution in [0.3, 0.4) is 0 Å². The summed E-state index contributed by atoms with van der Waals surface area (Å²) < 4.78 is 0. The summed E-state index contributed by atoms with van der Waals surface area (Å²) in [6, 6.07) is 10.0. The molecule has 2 fully saturated rings. The SMILES string of the molecule is N=Cc1cc(C(=O)Nc2ccc3c(c2)CN(C2CCC(=O)NC2=O)C3=O)ccc1NC1CCC1. The first-order valence-corrected chi connectivity index (χ1v) is 11.4. The lowest BCUT2D eigenvalue weighted by molar-refractivity contribution is -0.136. The molecule has 1 saturated carbocycles. The first-order valence-electron chi connectivity index (χ1n) is 11.4. The Labute approximate surface area is 196 Å². The number of imide groups is 1. The Morgan fingerprint density at radius 2 is 1.91 bits per heavy atom. The lowest BCUT2D eigenvalue weighted by Gasteiger charge is -2.29. The summed E-state index contributed by atoms with van der Waals surface area (Å²) in [5.74, 6) is -1.35. The second-order valence-corrected chi connectivity index (χ2v) is 8.94. The van der Waals surface area contributed by atoms with Gasteiger partial charge < -0.3 is 20.9 Å². The molecule has 1 atom stereocenters. The third kappa shape index (κ3) is 4.05. The van der Waals surface area contributed by atoms with Gasteiger partial charge in [0.15, 0.2) is 0 Å². The number of hydrogen-bond donors (Lipinski definition) is 4. The maximum Gasteiger partial charge on any atom is 0.255 e. The van der Waals surface area contributed by atoms with Gasteiger partial charge in [-0.2, -0.15) is 0 Å². The van der Waals surface area contributed by atoms with Gasteiger partial charge in [0.05, 0.1) is 0 Å². The van der Waals surface area contributed by atoms with Gasteiger partial charge in [-0.1, -0.05) is 0 Å². The van der Waals surface area contributed by atoms with Gasteiger partial charge in [0.25, 0.3) is 11.8 Å². The lowest BCUT2D eigenvalue weighted by atomic mass is 9.92. The van der Waals surface area contributed by atoms with E-state index >= 15 is 0 Å². The van der Waals surface area contributed by atoms with Crippen molar-refractivity contribution in [3.63, 3.8) is 0 Å². The molecule has 9 nitrogen and oxygen atoms in total. The number of benzene rings is 2. The zero-order chi connectivity index (χ0) is 23.8. The molecule has 2 aromatic rings. The fourth-order valence-electron chi connectivity index (χ4n) is 4.58. The second kappa shape index (κ2) is 8.74. The third-order valence-electron chi connectivity index (χ3n) is 6.72. The molecule has 9 heteroatoms. The van der Waals surface area contributed by atoms with Gasteiger partial charge in [-0.25, -0.2) is 0 Å². The summed E-state index contributed by atoms with van der Waals surface area (Å²) in [4.78, 5) is 50.8. The fraction of sp³-hybridized carbons (Fsp3) is 0.320. The van der Waals surface area contributed by atoms with E-state index < -0.39 is 11.9 Å². The molecule has 0 aromatic heterocycles. The molecular formula is C25H25N5O4. The molecule has 5 rings (SSSR count). The van der Waals surface area contributed by atoms with Crippen LogP contribution < -0.4 is 16.0 Å². The van der Waals surface area contributed by atoms with Crippen molar-refractivity contribution in [2.24, 2.45) is 0 Å². The van der Waals surface area contributed by atoms with Crippen molar-refractivity contribution in [2.75, 3.05) is 10.6 Å². The van der Waals surface area contributed by atoms with Gasteiger partial charge in [0, 0.05) is 53.3 Å². The molecule has 2 aliphatic heterocycles. The van der Waals surface area contributed by atoms with Crippen LogP contribution in [-0.4, -0.2) is 46.8 Å². The van der Waals surface area contributed by atoms with Crippen LogP contribution >= 0.6 is 0 Å². The molecule has 174 valence electrons. The van der Waals surface area contributed by atoms with E-state index in [1.165, 1.54) is 17.5 Å². The molecule has 2 heterocycles. The third-order valence-corrected chi connectivity index (χ3v) is 6.72. The maximum absolute atomic E-state index is 12.9. The van der Waals surface area contributed by atoms with Crippen molar-refractivity contribution in [3.05, 3.63) is 58.7 Å². The molecule has 1 saturated heterocycles. The number of nitrogens with zero attached hydrogens (tertiary/aromatic N) is 1. The number of fused-ring (bicyclic) bond motifs is 1. The maximum atomic E-state index is 12.9. The van der Waals surface area contributed by atoms with Gasteiger partial charge in [0.2, 0.25) is 11.8 Å². The van der Waals surface area contributed by atoms with Crippen molar-refractivity contribution in [1.82, 2.24) is 10.2 Å². The summed E-state index contributed by atoms with van der Waals surface area (Å²) in [7, 11) is 0. The Balaban J connectivity index is 1.29. The zero-order valence-corrected chi connectivity index (χ0v) is 18.5. The zero-order valence-electron chi connectivity index (χ0n) is 18.5. The van der Waals surface area contributed by atoms with E-state index in [-0.39, 0.29) is 30.7 Å². The largest absolute Gasteiger partial charge is 0.382 e. The highest BCUT2D eigenvalue weighted by atomic mass is 16.2. The average Bonchev–Trinajstić information content (AvgIpc) is 3.11. The van der Waals surface area contributed by atoms with Gasteiger partial charge >= 0.3 is 0 Å². The Hall–Kier alpha value is -4.01. The number of anilines is 2.